The van der Waals surface area contributed by atoms with Gasteiger partial charge in [0, 0.05) is 12.7 Å². The summed E-state index contributed by atoms with van der Waals surface area (Å²) < 4.78 is 5.65. The van der Waals surface area contributed by atoms with Crippen LogP contribution in [0.1, 0.15) is 5.56 Å². The molecule has 0 spiro atoms. The third-order valence-corrected chi connectivity index (χ3v) is 3.44. The molecule has 0 amide bonds. The van der Waals surface area contributed by atoms with Gasteiger partial charge in [0.25, 0.3) is 5.22 Å². The van der Waals surface area contributed by atoms with Crippen LogP contribution in [-0.4, -0.2) is 17.0 Å². The molecule has 0 bridgehead atoms. The lowest BCUT2D eigenvalue weighted by Crippen LogP contribution is -2.04. The molecule has 0 unspecified atom stereocenters. The Morgan fingerprint density at radius 3 is 2.84 bits per heavy atom. The summed E-state index contributed by atoms with van der Waals surface area (Å²) in [5.74, 6) is 0. The van der Waals surface area contributed by atoms with Crippen molar-refractivity contribution in [2.45, 2.75) is 16.8 Å². The molecule has 1 aromatic carbocycles. The molecule has 0 saturated carbocycles. The van der Waals surface area contributed by atoms with Gasteiger partial charge in [-0.05, 0) is 42.6 Å². The van der Waals surface area contributed by atoms with E-state index in [-0.39, 0.29) is 0 Å². The van der Waals surface area contributed by atoms with Crippen molar-refractivity contribution in [1.29, 1.82) is 0 Å². The van der Waals surface area contributed by atoms with E-state index >= 15 is 0 Å². The van der Waals surface area contributed by atoms with Crippen molar-refractivity contribution in [3.05, 3.63) is 48.2 Å². The highest BCUT2D eigenvalue weighted by atomic mass is 32.2. The molecule has 2 aromatic heterocycles. The van der Waals surface area contributed by atoms with Crippen LogP contribution in [-0.2, 0) is 6.54 Å². The Morgan fingerprint density at radius 1 is 1.21 bits per heavy atom. The quantitative estimate of drug-likeness (QED) is 0.790. The first-order valence-corrected chi connectivity index (χ1v) is 6.80. The van der Waals surface area contributed by atoms with Crippen LogP contribution in [0.5, 0.6) is 0 Å². The smallest absolute Gasteiger partial charge is 0.263 e. The second kappa shape index (κ2) is 5.42. The van der Waals surface area contributed by atoms with Crippen molar-refractivity contribution in [1.82, 2.24) is 15.3 Å². The molecule has 3 aromatic rings. The lowest BCUT2D eigenvalue weighted by molar-refractivity contribution is 0.489. The van der Waals surface area contributed by atoms with E-state index in [0.717, 1.165) is 28.2 Å². The molecule has 0 radical (unpaired) electrons. The molecular weight excluding hydrogens is 258 g/mol. The summed E-state index contributed by atoms with van der Waals surface area (Å²) in [7, 11) is 1.92. The Hall–Kier alpha value is -1.85. The largest absolute Gasteiger partial charge is 0.431 e. The number of rotatable bonds is 4. The predicted octanol–water partition coefficient (Wildman–Crippen LogP) is 3.09. The molecule has 0 fully saturated rings. The summed E-state index contributed by atoms with van der Waals surface area (Å²) >= 11 is 1.43. The maximum Gasteiger partial charge on any atom is 0.263 e. The molecule has 4 nitrogen and oxygen atoms in total. The van der Waals surface area contributed by atoms with Crippen LogP contribution in [0.25, 0.3) is 11.1 Å². The van der Waals surface area contributed by atoms with E-state index in [2.05, 4.69) is 21.4 Å². The number of para-hydroxylation sites is 2. The number of hydrogen-bond acceptors (Lipinski definition) is 5. The van der Waals surface area contributed by atoms with Gasteiger partial charge in [-0.15, -0.1) is 0 Å². The topological polar surface area (TPSA) is 51.0 Å². The maximum atomic E-state index is 5.65. The van der Waals surface area contributed by atoms with Crippen LogP contribution in [0.4, 0.5) is 0 Å². The van der Waals surface area contributed by atoms with Crippen molar-refractivity contribution in [3.63, 3.8) is 0 Å². The molecule has 2 heterocycles. The fourth-order valence-corrected chi connectivity index (χ4v) is 2.46. The fourth-order valence-electron chi connectivity index (χ4n) is 1.76. The van der Waals surface area contributed by atoms with Crippen molar-refractivity contribution >= 4 is 22.9 Å². The Labute approximate surface area is 115 Å². The van der Waals surface area contributed by atoms with Gasteiger partial charge in [0.2, 0.25) is 0 Å². The summed E-state index contributed by atoms with van der Waals surface area (Å²) in [4.78, 5) is 8.80. The third-order valence-electron chi connectivity index (χ3n) is 2.64. The Kier molecular flexibility index (Phi) is 3.48. The summed E-state index contributed by atoms with van der Waals surface area (Å²) in [6.45, 7) is 0.820. The second-order valence-corrected chi connectivity index (χ2v) is 5.06. The average molecular weight is 271 g/mol. The van der Waals surface area contributed by atoms with Crippen LogP contribution < -0.4 is 5.32 Å². The first kappa shape index (κ1) is 12.2. The highest BCUT2D eigenvalue weighted by molar-refractivity contribution is 7.99. The molecule has 5 heteroatoms. The van der Waals surface area contributed by atoms with Crippen molar-refractivity contribution in [2.24, 2.45) is 0 Å². The van der Waals surface area contributed by atoms with Gasteiger partial charge in [-0.25, -0.2) is 9.97 Å². The predicted molar refractivity (Wildman–Crippen MR) is 75.1 cm³/mol. The zero-order chi connectivity index (χ0) is 13.1. The van der Waals surface area contributed by atoms with E-state index in [4.69, 9.17) is 4.42 Å². The SMILES string of the molecule is CNCc1ccc(Sc2nc3ccccc3o2)nc1. The van der Waals surface area contributed by atoms with E-state index in [1.807, 2.05) is 43.6 Å². The highest BCUT2D eigenvalue weighted by Gasteiger charge is 2.07. The molecule has 0 aliphatic heterocycles. The number of benzene rings is 1. The lowest BCUT2D eigenvalue weighted by Gasteiger charge is -2.00. The number of aromatic nitrogens is 2. The van der Waals surface area contributed by atoms with Crippen LogP contribution >= 0.6 is 11.8 Å². The summed E-state index contributed by atoms with van der Waals surface area (Å²) in [6, 6.07) is 11.8. The lowest BCUT2D eigenvalue weighted by atomic mass is 10.3. The molecule has 0 saturated heterocycles. The summed E-state index contributed by atoms with van der Waals surface area (Å²) in [6.07, 6.45) is 1.86. The standard InChI is InChI=1S/C14H13N3OS/c1-15-8-10-6-7-13(16-9-10)19-14-17-11-4-2-3-5-12(11)18-14/h2-7,9,15H,8H2,1H3. The van der Waals surface area contributed by atoms with Crippen molar-refractivity contribution in [3.8, 4) is 0 Å². The van der Waals surface area contributed by atoms with Gasteiger partial charge < -0.3 is 9.73 Å². The normalized spacial score (nSPS) is 11.0. The first-order chi connectivity index (χ1) is 9.35. The van der Waals surface area contributed by atoms with Crippen LogP contribution in [0.2, 0.25) is 0 Å². The van der Waals surface area contributed by atoms with Crippen LogP contribution in [0, 0.1) is 0 Å². The summed E-state index contributed by atoms with van der Waals surface area (Å²) in [5, 5.41) is 4.59. The van der Waals surface area contributed by atoms with Crippen molar-refractivity contribution in [2.75, 3.05) is 7.05 Å². The molecule has 1 N–H and O–H groups in total. The Balaban J connectivity index is 1.80. The second-order valence-electron chi connectivity index (χ2n) is 4.08. The third kappa shape index (κ3) is 2.77. The van der Waals surface area contributed by atoms with Crippen molar-refractivity contribution < 1.29 is 4.42 Å². The number of nitrogens with zero attached hydrogens (tertiary/aromatic N) is 2. The molecule has 3 rings (SSSR count). The highest BCUT2D eigenvalue weighted by Crippen LogP contribution is 2.28. The summed E-state index contributed by atoms with van der Waals surface area (Å²) in [5.41, 5.74) is 2.83. The molecule has 0 aliphatic carbocycles. The van der Waals surface area contributed by atoms with E-state index < -0.39 is 0 Å². The van der Waals surface area contributed by atoms with Gasteiger partial charge in [-0.2, -0.15) is 0 Å². The maximum absolute atomic E-state index is 5.65. The van der Waals surface area contributed by atoms with E-state index in [0.29, 0.717) is 5.22 Å². The fraction of sp³-hybridized carbons (Fsp3) is 0.143. The molecular formula is C14H13N3OS. The molecule has 0 aliphatic rings. The Morgan fingerprint density at radius 2 is 2.11 bits per heavy atom. The zero-order valence-corrected chi connectivity index (χ0v) is 11.3. The molecule has 19 heavy (non-hydrogen) atoms. The van der Waals surface area contributed by atoms with E-state index in [9.17, 15) is 0 Å². The number of fused-ring (bicyclic) bond motifs is 1. The zero-order valence-electron chi connectivity index (χ0n) is 10.5. The van der Waals surface area contributed by atoms with Gasteiger partial charge >= 0.3 is 0 Å². The number of hydrogen-bond donors (Lipinski definition) is 1. The van der Waals surface area contributed by atoms with Gasteiger partial charge in [-0.1, -0.05) is 18.2 Å². The minimum atomic E-state index is 0.620. The van der Waals surface area contributed by atoms with Crippen LogP contribution in [0.15, 0.2) is 57.3 Å². The monoisotopic (exact) mass is 271 g/mol. The molecule has 96 valence electrons. The van der Waals surface area contributed by atoms with Crippen LogP contribution in [0.3, 0.4) is 0 Å². The van der Waals surface area contributed by atoms with Gasteiger partial charge in [0.1, 0.15) is 10.5 Å². The minimum Gasteiger partial charge on any atom is -0.431 e. The van der Waals surface area contributed by atoms with Gasteiger partial charge in [0.15, 0.2) is 5.58 Å². The number of pyridine rings is 1. The average Bonchev–Trinajstić information content (AvgIpc) is 2.83. The number of nitrogens with one attached hydrogen (secondary N) is 1. The molecule has 0 atom stereocenters. The first-order valence-electron chi connectivity index (χ1n) is 5.98. The van der Waals surface area contributed by atoms with E-state index in [1.165, 1.54) is 11.8 Å². The van der Waals surface area contributed by atoms with Gasteiger partial charge in [-0.3, -0.25) is 0 Å². The van der Waals surface area contributed by atoms with Gasteiger partial charge in [0.05, 0.1) is 0 Å². The number of oxazole rings is 1. The Bertz CT molecular complexity index is 645. The minimum absolute atomic E-state index is 0.620. The van der Waals surface area contributed by atoms with E-state index in [1.54, 1.807) is 0 Å².